The fourth-order valence-electron chi connectivity index (χ4n) is 4.74. The third-order valence-electron chi connectivity index (χ3n) is 5.99. The van der Waals surface area contributed by atoms with Gasteiger partial charge in [0.05, 0.1) is 24.5 Å². The van der Waals surface area contributed by atoms with Crippen molar-refractivity contribution < 1.29 is 19.1 Å². The van der Waals surface area contributed by atoms with E-state index in [9.17, 15) is 14.4 Å². The smallest absolute Gasteiger partial charge is 0.234 e. The molecule has 2 aromatic carbocycles. The SMILES string of the molecule is CC(=O)Nc1ccc(N2CC34C=CC(O3)C(C(=O)Nc3cccc(Cl)c3)C4C2=O)cc1. The van der Waals surface area contributed by atoms with E-state index < -0.39 is 23.5 Å². The second kappa shape index (κ2) is 7.21. The molecule has 3 aliphatic rings. The number of hydrogen-bond acceptors (Lipinski definition) is 4. The van der Waals surface area contributed by atoms with Crippen LogP contribution >= 0.6 is 11.6 Å². The lowest BCUT2D eigenvalue weighted by molar-refractivity contribution is -0.128. The van der Waals surface area contributed by atoms with E-state index in [0.717, 1.165) is 0 Å². The average molecular weight is 438 g/mol. The van der Waals surface area contributed by atoms with Gasteiger partial charge in [-0.3, -0.25) is 14.4 Å². The summed E-state index contributed by atoms with van der Waals surface area (Å²) in [4.78, 5) is 39.4. The van der Waals surface area contributed by atoms with E-state index in [1.54, 1.807) is 53.4 Å². The van der Waals surface area contributed by atoms with Crippen LogP contribution in [-0.2, 0) is 19.1 Å². The van der Waals surface area contributed by atoms with Crippen molar-refractivity contribution in [3.8, 4) is 0 Å². The first-order valence-corrected chi connectivity index (χ1v) is 10.4. The zero-order valence-corrected chi connectivity index (χ0v) is 17.4. The van der Waals surface area contributed by atoms with E-state index in [-0.39, 0.29) is 17.7 Å². The third-order valence-corrected chi connectivity index (χ3v) is 6.23. The van der Waals surface area contributed by atoms with Crippen LogP contribution in [0.3, 0.4) is 0 Å². The second-order valence-corrected chi connectivity index (χ2v) is 8.49. The van der Waals surface area contributed by atoms with Crippen molar-refractivity contribution in [2.45, 2.75) is 18.6 Å². The highest BCUT2D eigenvalue weighted by Crippen LogP contribution is 2.52. The van der Waals surface area contributed by atoms with Gasteiger partial charge in [0.25, 0.3) is 0 Å². The highest BCUT2D eigenvalue weighted by atomic mass is 35.5. The summed E-state index contributed by atoms with van der Waals surface area (Å²) >= 11 is 6.02. The fourth-order valence-corrected chi connectivity index (χ4v) is 4.93. The van der Waals surface area contributed by atoms with Crippen molar-refractivity contribution in [3.63, 3.8) is 0 Å². The van der Waals surface area contributed by atoms with Crippen molar-refractivity contribution in [1.82, 2.24) is 0 Å². The molecule has 3 heterocycles. The van der Waals surface area contributed by atoms with Crippen LogP contribution < -0.4 is 15.5 Å². The molecule has 31 heavy (non-hydrogen) atoms. The molecule has 2 N–H and O–H groups in total. The number of halogens is 1. The zero-order valence-electron chi connectivity index (χ0n) is 16.7. The molecule has 0 radical (unpaired) electrons. The van der Waals surface area contributed by atoms with E-state index >= 15 is 0 Å². The van der Waals surface area contributed by atoms with Crippen molar-refractivity contribution in [2.24, 2.45) is 11.8 Å². The number of anilines is 3. The van der Waals surface area contributed by atoms with Gasteiger partial charge in [0.15, 0.2) is 0 Å². The molecule has 2 bridgehead atoms. The molecule has 1 spiro atoms. The van der Waals surface area contributed by atoms with E-state index in [0.29, 0.717) is 28.6 Å². The van der Waals surface area contributed by atoms with Crippen LogP contribution in [0, 0.1) is 11.8 Å². The molecule has 0 aromatic heterocycles. The lowest BCUT2D eigenvalue weighted by Gasteiger charge is -2.23. The predicted octanol–water partition coefficient (Wildman–Crippen LogP) is 3.22. The Bertz CT molecular complexity index is 1120. The zero-order chi connectivity index (χ0) is 21.8. The van der Waals surface area contributed by atoms with Gasteiger partial charge in [-0.15, -0.1) is 0 Å². The first kappa shape index (κ1) is 19.8. The number of nitrogens with one attached hydrogen (secondary N) is 2. The molecule has 5 rings (SSSR count). The highest BCUT2D eigenvalue weighted by molar-refractivity contribution is 6.30. The van der Waals surface area contributed by atoms with Crippen molar-refractivity contribution in [3.05, 3.63) is 65.7 Å². The van der Waals surface area contributed by atoms with E-state index in [4.69, 9.17) is 16.3 Å². The first-order valence-electron chi connectivity index (χ1n) is 9.99. The van der Waals surface area contributed by atoms with Gasteiger partial charge in [0.1, 0.15) is 5.60 Å². The number of fused-ring (bicyclic) bond motifs is 1. The maximum atomic E-state index is 13.4. The number of ether oxygens (including phenoxy) is 1. The Morgan fingerprint density at radius 1 is 1.13 bits per heavy atom. The lowest BCUT2D eigenvalue weighted by Crippen LogP contribution is -2.41. The predicted molar refractivity (Wildman–Crippen MR) is 117 cm³/mol. The summed E-state index contributed by atoms with van der Waals surface area (Å²) in [6.45, 7) is 1.77. The van der Waals surface area contributed by atoms with Gasteiger partial charge in [-0.25, -0.2) is 0 Å². The van der Waals surface area contributed by atoms with Crippen molar-refractivity contribution in [1.29, 1.82) is 0 Å². The largest absolute Gasteiger partial charge is 0.360 e. The van der Waals surface area contributed by atoms with Crippen LogP contribution in [0.2, 0.25) is 5.02 Å². The van der Waals surface area contributed by atoms with Crippen molar-refractivity contribution >= 4 is 46.4 Å². The quantitative estimate of drug-likeness (QED) is 0.719. The van der Waals surface area contributed by atoms with Gasteiger partial charge in [-0.1, -0.05) is 29.8 Å². The van der Waals surface area contributed by atoms with Crippen LogP contribution in [-0.4, -0.2) is 36.0 Å². The molecule has 8 heteroatoms. The molecule has 0 aliphatic carbocycles. The third kappa shape index (κ3) is 3.30. The molecule has 2 aromatic rings. The second-order valence-electron chi connectivity index (χ2n) is 8.05. The number of benzene rings is 2. The number of nitrogens with zero attached hydrogens (tertiary/aromatic N) is 1. The Morgan fingerprint density at radius 2 is 1.90 bits per heavy atom. The Hall–Kier alpha value is -3.16. The van der Waals surface area contributed by atoms with E-state index in [1.165, 1.54) is 6.92 Å². The van der Waals surface area contributed by atoms with E-state index in [1.807, 2.05) is 12.2 Å². The monoisotopic (exact) mass is 437 g/mol. The Morgan fingerprint density at radius 3 is 2.61 bits per heavy atom. The Balaban J connectivity index is 1.39. The van der Waals surface area contributed by atoms with Crippen LogP contribution in [0.5, 0.6) is 0 Å². The normalized spacial score (nSPS) is 28.0. The number of carbonyl (C=O) groups excluding carboxylic acids is 3. The van der Waals surface area contributed by atoms with Crippen LogP contribution in [0.1, 0.15) is 6.92 Å². The summed E-state index contributed by atoms with van der Waals surface area (Å²) < 4.78 is 6.16. The molecule has 3 amide bonds. The molecule has 2 saturated heterocycles. The molecular formula is C23H20ClN3O4. The van der Waals surface area contributed by atoms with Gasteiger partial charge in [-0.2, -0.15) is 0 Å². The number of carbonyl (C=O) groups is 3. The molecule has 4 atom stereocenters. The van der Waals surface area contributed by atoms with E-state index in [2.05, 4.69) is 10.6 Å². The molecule has 2 fully saturated rings. The van der Waals surface area contributed by atoms with Gasteiger partial charge in [0.2, 0.25) is 17.7 Å². The maximum Gasteiger partial charge on any atom is 0.234 e. The lowest BCUT2D eigenvalue weighted by atomic mass is 9.77. The van der Waals surface area contributed by atoms with Gasteiger partial charge in [-0.05, 0) is 42.5 Å². The number of hydrogen-bond donors (Lipinski definition) is 2. The Labute approximate surface area is 184 Å². The number of amides is 3. The minimum Gasteiger partial charge on any atom is -0.360 e. The molecule has 3 aliphatic heterocycles. The minimum absolute atomic E-state index is 0.148. The summed E-state index contributed by atoms with van der Waals surface area (Å²) in [5, 5.41) is 6.10. The van der Waals surface area contributed by atoms with Crippen LogP contribution in [0.4, 0.5) is 17.1 Å². The summed E-state index contributed by atoms with van der Waals surface area (Å²) in [6, 6.07) is 13.9. The molecular weight excluding hydrogens is 418 g/mol. The summed E-state index contributed by atoms with van der Waals surface area (Å²) in [5.41, 5.74) is 1.11. The highest BCUT2D eigenvalue weighted by Gasteiger charge is 2.67. The average Bonchev–Trinajstić information content (AvgIpc) is 3.36. The fraction of sp³-hybridized carbons (Fsp3) is 0.261. The summed E-state index contributed by atoms with van der Waals surface area (Å²) in [7, 11) is 0. The van der Waals surface area contributed by atoms with Gasteiger partial charge < -0.3 is 20.3 Å². The molecule has 0 saturated carbocycles. The molecule has 4 unspecified atom stereocenters. The summed E-state index contributed by atoms with van der Waals surface area (Å²) in [5.74, 6) is -1.80. The van der Waals surface area contributed by atoms with Crippen molar-refractivity contribution in [2.75, 3.05) is 22.1 Å². The molecule has 158 valence electrons. The molecule has 7 nitrogen and oxygen atoms in total. The maximum absolute atomic E-state index is 13.4. The standard InChI is InChI=1S/C23H20ClN3O4/c1-13(28)25-15-5-7-17(8-6-15)27-12-23-10-9-18(31-23)19(20(23)22(27)30)21(29)26-16-4-2-3-14(24)11-16/h2-11,18-20H,12H2,1H3,(H,25,28)(H,26,29). The summed E-state index contributed by atoms with van der Waals surface area (Å²) in [6.07, 6.45) is 3.35. The van der Waals surface area contributed by atoms with Gasteiger partial charge >= 0.3 is 0 Å². The topological polar surface area (TPSA) is 87.7 Å². The van der Waals surface area contributed by atoms with Crippen LogP contribution in [0.25, 0.3) is 0 Å². The Kier molecular flexibility index (Phi) is 4.60. The first-order chi connectivity index (χ1) is 14.9. The van der Waals surface area contributed by atoms with Gasteiger partial charge in [0, 0.05) is 29.0 Å². The minimum atomic E-state index is -0.811. The van der Waals surface area contributed by atoms with Crippen LogP contribution in [0.15, 0.2) is 60.7 Å². The number of rotatable bonds is 4.